The Morgan fingerprint density at radius 1 is 1.35 bits per heavy atom. The summed E-state index contributed by atoms with van der Waals surface area (Å²) in [6.07, 6.45) is 1.99. The quantitative estimate of drug-likeness (QED) is 0.111. The number of benzene rings is 1. The molecule has 0 aliphatic heterocycles. The van der Waals surface area contributed by atoms with Gasteiger partial charge >= 0.3 is 35.5 Å². The van der Waals surface area contributed by atoms with Crippen molar-refractivity contribution in [1.82, 2.24) is 0 Å². The normalized spacial score (nSPS) is 10.8. The average Bonchev–Trinajstić information content (AvgIpc) is 2.35. The molecule has 0 saturated carbocycles. The second-order valence-electron chi connectivity index (χ2n) is 2.69. The van der Waals surface area contributed by atoms with Crippen LogP contribution in [-0.4, -0.2) is 19.0 Å². The first kappa shape index (κ1) is 15.7. The zero-order valence-electron chi connectivity index (χ0n) is 9.62. The molecular weight excluding hydrogens is 233 g/mol. The number of carbonyl (C=O) groups is 1. The summed E-state index contributed by atoms with van der Waals surface area (Å²) in [5.74, 6) is -1.10. The van der Waals surface area contributed by atoms with E-state index in [4.69, 9.17) is 0 Å². The molecule has 0 unspecified atom stereocenters. The average molecular weight is 243 g/mol. The number of methoxy groups -OCH3 is 1. The number of hydrogen-bond acceptors (Lipinski definition) is 5. The van der Waals surface area contributed by atoms with Gasteiger partial charge in [0.1, 0.15) is 6.26 Å². The standard InChI is InChI=1S/C11H11NO4.Na/c1-15-10(13)7-8-16-12-11(14)9-5-3-2-4-6-9;/h2-8H,1H3,(H,12,14);/q;+1/p-1/b8-7-;. The number of rotatable bonds is 4. The fraction of sp³-hybridized carbons (Fsp3) is 0.0909. The number of esters is 1. The van der Waals surface area contributed by atoms with Crippen molar-refractivity contribution < 1.29 is 49.0 Å². The Bertz CT molecular complexity index is 403. The van der Waals surface area contributed by atoms with E-state index in [1.165, 1.54) is 7.11 Å². The molecular formula is C11H10NNaO4. The van der Waals surface area contributed by atoms with Crippen LogP contribution in [0.4, 0.5) is 0 Å². The number of hydrogen-bond donors (Lipinski definition) is 0. The summed E-state index contributed by atoms with van der Waals surface area (Å²) < 4.78 is 4.31. The number of oxime groups is 1. The van der Waals surface area contributed by atoms with Crippen LogP contribution in [0.1, 0.15) is 5.56 Å². The monoisotopic (exact) mass is 243 g/mol. The molecule has 0 saturated heterocycles. The van der Waals surface area contributed by atoms with Crippen molar-refractivity contribution >= 4 is 11.9 Å². The molecule has 0 aliphatic rings. The van der Waals surface area contributed by atoms with Gasteiger partial charge in [0.2, 0.25) is 0 Å². The molecule has 0 aliphatic carbocycles. The van der Waals surface area contributed by atoms with Gasteiger partial charge in [0, 0.05) is 5.90 Å². The number of nitrogens with zero attached hydrogens (tertiary/aromatic N) is 1. The van der Waals surface area contributed by atoms with Gasteiger partial charge < -0.3 is 14.7 Å². The van der Waals surface area contributed by atoms with Gasteiger partial charge in [-0.15, -0.1) is 0 Å². The molecule has 0 atom stereocenters. The van der Waals surface area contributed by atoms with E-state index in [-0.39, 0.29) is 29.6 Å². The van der Waals surface area contributed by atoms with Gasteiger partial charge in [0.25, 0.3) is 0 Å². The van der Waals surface area contributed by atoms with Crippen molar-refractivity contribution in [3.63, 3.8) is 0 Å². The predicted molar refractivity (Wildman–Crippen MR) is 55.2 cm³/mol. The van der Waals surface area contributed by atoms with Crippen molar-refractivity contribution in [2.45, 2.75) is 0 Å². The Morgan fingerprint density at radius 2 is 2.00 bits per heavy atom. The maximum atomic E-state index is 11.3. The second kappa shape index (κ2) is 8.81. The van der Waals surface area contributed by atoms with E-state index in [0.717, 1.165) is 12.3 Å². The fourth-order valence-corrected chi connectivity index (χ4v) is 0.866. The largest absolute Gasteiger partial charge is 1.00 e. The zero-order chi connectivity index (χ0) is 11.8. The van der Waals surface area contributed by atoms with Crippen LogP contribution in [0.15, 0.2) is 47.8 Å². The zero-order valence-corrected chi connectivity index (χ0v) is 11.6. The van der Waals surface area contributed by atoms with Crippen LogP contribution >= 0.6 is 0 Å². The molecule has 0 N–H and O–H groups in total. The molecule has 0 heterocycles. The molecule has 0 aromatic heterocycles. The topological polar surface area (TPSA) is 71.0 Å². The van der Waals surface area contributed by atoms with Crippen molar-refractivity contribution in [2.24, 2.45) is 5.16 Å². The van der Waals surface area contributed by atoms with Gasteiger partial charge in [0.15, 0.2) is 0 Å². The molecule has 0 bridgehead atoms. The minimum absolute atomic E-state index is 0. The summed E-state index contributed by atoms with van der Waals surface area (Å²) in [4.78, 5) is 15.1. The van der Waals surface area contributed by atoms with Crippen LogP contribution in [0.3, 0.4) is 0 Å². The molecule has 17 heavy (non-hydrogen) atoms. The minimum atomic E-state index is -0.581. The van der Waals surface area contributed by atoms with E-state index >= 15 is 0 Å². The molecule has 0 spiro atoms. The summed E-state index contributed by atoms with van der Waals surface area (Å²) in [5, 5.41) is 14.6. The number of ether oxygens (including phenoxy) is 1. The Morgan fingerprint density at radius 3 is 2.59 bits per heavy atom. The Labute approximate surface area is 121 Å². The third-order valence-corrected chi connectivity index (χ3v) is 1.62. The van der Waals surface area contributed by atoms with Gasteiger partial charge in [-0.2, -0.15) is 0 Å². The van der Waals surface area contributed by atoms with Crippen LogP contribution in [0, 0.1) is 0 Å². The summed E-state index contributed by atoms with van der Waals surface area (Å²) >= 11 is 0. The SMILES string of the molecule is COC(=O)/C=C\ON=C([O-])c1ccccc1.[Na+]. The Kier molecular flexibility index (Phi) is 8.13. The fourth-order valence-electron chi connectivity index (χ4n) is 0.866. The summed E-state index contributed by atoms with van der Waals surface area (Å²) in [5.41, 5.74) is 0.411. The maximum Gasteiger partial charge on any atom is 1.00 e. The van der Waals surface area contributed by atoms with Gasteiger partial charge in [-0.05, 0) is 5.56 Å². The predicted octanol–water partition coefficient (Wildman–Crippen LogP) is -2.58. The van der Waals surface area contributed by atoms with Gasteiger partial charge in [-0.1, -0.05) is 35.5 Å². The smallest absolute Gasteiger partial charge is 0.856 e. The third-order valence-electron chi connectivity index (χ3n) is 1.62. The van der Waals surface area contributed by atoms with Crippen LogP contribution in [0.2, 0.25) is 0 Å². The van der Waals surface area contributed by atoms with E-state index in [0.29, 0.717) is 5.56 Å². The molecule has 84 valence electrons. The van der Waals surface area contributed by atoms with Crippen LogP contribution in [0.5, 0.6) is 0 Å². The second-order valence-corrected chi connectivity index (χ2v) is 2.69. The van der Waals surface area contributed by atoms with Crippen molar-refractivity contribution in [3.05, 3.63) is 48.2 Å². The first-order valence-electron chi connectivity index (χ1n) is 4.45. The van der Waals surface area contributed by atoms with Crippen molar-refractivity contribution in [1.29, 1.82) is 0 Å². The molecule has 1 aromatic rings. The van der Waals surface area contributed by atoms with Crippen molar-refractivity contribution in [3.8, 4) is 0 Å². The first-order valence-corrected chi connectivity index (χ1v) is 4.45. The van der Waals surface area contributed by atoms with Crippen molar-refractivity contribution in [2.75, 3.05) is 7.11 Å². The van der Waals surface area contributed by atoms with E-state index in [2.05, 4.69) is 14.7 Å². The first-order chi connectivity index (χ1) is 7.74. The van der Waals surface area contributed by atoms with Gasteiger partial charge in [-0.3, -0.25) is 0 Å². The summed E-state index contributed by atoms with van der Waals surface area (Å²) in [6, 6.07) is 8.44. The number of carbonyl (C=O) groups excluding carboxylic acids is 1. The van der Waals surface area contributed by atoms with Gasteiger partial charge in [0.05, 0.1) is 13.2 Å². The molecule has 1 aromatic carbocycles. The summed E-state index contributed by atoms with van der Waals surface area (Å²) in [7, 11) is 1.24. The van der Waals surface area contributed by atoms with E-state index in [9.17, 15) is 9.90 Å². The van der Waals surface area contributed by atoms with Crippen LogP contribution < -0.4 is 34.7 Å². The minimum Gasteiger partial charge on any atom is -0.856 e. The molecule has 6 heteroatoms. The Hall–Kier alpha value is -1.30. The summed E-state index contributed by atoms with van der Waals surface area (Å²) in [6.45, 7) is 0. The molecule has 0 radical (unpaired) electrons. The van der Waals surface area contributed by atoms with E-state index in [1.54, 1.807) is 30.3 Å². The van der Waals surface area contributed by atoms with E-state index in [1.807, 2.05) is 0 Å². The molecule has 0 fully saturated rings. The van der Waals surface area contributed by atoms with Crippen LogP contribution in [0.25, 0.3) is 0 Å². The maximum absolute atomic E-state index is 11.3. The third kappa shape index (κ3) is 6.11. The molecule has 5 nitrogen and oxygen atoms in total. The van der Waals surface area contributed by atoms with Gasteiger partial charge in [-0.25, -0.2) is 4.79 Å². The molecule has 0 amide bonds. The Balaban J connectivity index is 0.00000256. The van der Waals surface area contributed by atoms with Crippen LogP contribution in [-0.2, 0) is 14.4 Å². The molecule has 1 rings (SSSR count). The van der Waals surface area contributed by atoms with E-state index < -0.39 is 11.9 Å².